The molecule has 2 nitrogen and oxygen atoms in total. The van der Waals surface area contributed by atoms with Crippen LogP contribution in [-0.4, -0.2) is 23.9 Å². The van der Waals surface area contributed by atoms with E-state index in [9.17, 15) is 4.79 Å². The van der Waals surface area contributed by atoms with Crippen LogP contribution in [0.1, 0.15) is 38.5 Å². The van der Waals surface area contributed by atoms with E-state index in [0.717, 1.165) is 32.4 Å². The second-order valence-corrected chi connectivity index (χ2v) is 4.90. The molecule has 0 spiro atoms. The number of carbonyl (C=O) groups excluding carboxylic acids is 1. The molecular formula is C13H21NO. The van der Waals surface area contributed by atoms with Gasteiger partial charge in [-0.1, -0.05) is 25.3 Å². The van der Waals surface area contributed by atoms with E-state index in [0.29, 0.717) is 17.7 Å². The lowest BCUT2D eigenvalue weighted by atomic mass is 9.88. The van der Waals surface area contributed by atoms with Crippen molar-refractivity contribution in [1.29, 1.82) is 0 Å². The molecule has 1 aliphatic heterocycles. The minimum Gasteiger partial charge on any atom is -0.342 e. The number of carbonyl (C=O) groups is 1. The van der Waals surface area contributed by atoms with Gasteiger partial charge in [0, 0.05) is 19.0 Å². The van der Waals surface area contributed by atoms with Crippen molar-refractivity contribution in [2.45, 2.75) is 38.5 Å². The first kappa shape index (κ1) is 10.7. The molecule has 1 atom stereocenters. The summed E-state index contributed by atoms with van der Waals surface area (Å²) in [7, 11) is 0. The monoisotopic (exact) mass is 207 g/mol. The van der Waals surface area contributed by atoms with Crippen molar-refractivity contribution >= 4 is 5.91 Å². The molecule has 0 aromatic heterocycles. The molecule has 0 bridgehead atoms. The van der Waals surface area contributed by atoms with Gasteiger partial charge in [-0.25, -0.2) is 0 Å². The molecule has 84 valence electrons. The molecule has 0 unspecified atom stereocenters. The summed E-state index contributed by atoms with van der Waals surface area (Å²) in [6.07, 6.45) is 9.15. The Kier molecular flexibility index (Phi) is 3.45. The number of rotatable bonds is 2. The van der Waals surface area contributed by atoms with Gasteiger partial charge in [0.25, 0.3) is 0 Å². The van der Waals surface area contributed by atoms with Gasteiger partial charge in [0.15, 0.2) is 0 Å². The van der Waals surface area contributed by atoms with Gasteiger partial charge < -0.3 is 4.90 Å². The molecule has 1 aliphatic carbocycles. The number of hydrogen-bond donors (Lipinski definition) is 0. The molecule has 1 heterocycles. The predicted octanol–water partition coefficient (Wildman–Crippen LogP) is 2.60. The van der Waals surface area contributed by atoms with Crippen LogP contribution in [0.15, 0.2) is 12.7 Å². The van der Waals surface area contributed by atoms with Crippen LogP contribution in [-0.2, 0) is 4.79 Å². The summed E-state index contributed by atoms with van der Waals surface area (Å²) in [5.41, 5.74) is 0. The van der Waals surface area contributed by atoms with E-state index in [1.807, 2.05) is 6.08 Å². The first-order valence-corrected chi connectivity index (χ1v) is 6.22. The maximum atomic E-state index is 12.2. The summed E-state index contributed by atoms with van der Waals surface area (Å²) < 4.78 is 0. The molecule has 0 aromatic rings. The van der Waals surface area contributed by atoms with Gasteiger partial charge >= 0.3 is 0 Å². The molecule has 0 N–H and O–H groups in total. The fourth-order valence-electron chi connectivity index (χ4n) is 2.79. The fraction of sp³-hybridized carbons (Fsp3) is 0.769. The zero-order valence-corrected chi connectivity index (χ0v) is 9.45. The summed E-state index contributed by atoms with van der Waals surface area (Å²) in [4.78, 5) is 14.2. The van der Waals surface area contributed by atoms with Crippen molar-refractivity contribution in [1.82, 2.24) is 4.90 Å². The number of amides is 1. The summed E-state index contributed by atoms with van der Waals surface area (Å²) in [6, 6.07) is 0. The first-order valence-electron chi connectivity index (χ1n) is 6.22. The van der Waals surface area contributed by atoms with Crippen LogP contribution in [0.5, 0.6) is 0 Å². The van der Waals surface area contributed by atoms with Crippen molar-refractivity contribution in [2.75, 3.05) is 13.1 Å². The molecule has 0 aromatic carbocycles. The van der Waals surface area contributed by atoms with Crippen molar-refractivity contribution in [3.63, 3.8) is 0 Å². The number of hydrogen-bond acceptors (Lipinski definition) is 1. The highest BCUT2D eigenvalue weighted by molar-refractivity contribution is 5.79. The lowest BCUT2D eigenvalue weighted by Gasteiger charge is -2.26. The summed E-state index contributed by atoms with van der Waals surface area (Å²) in [6.45, 7) is 5.68. The third-order valence-electron chi connectivity index (χ3n) is 3.82. The second-order valence-electron chi connectivity index (χ2n) is 4.90. The molecule has 1 saturated carbocycles. The maximum absolute atomic E-state index is 12.2. The topological polar surface area (TPSA) is 20.3 Å². The molecular weight excluding hydrogens is 186 g/mol. The van der Waals surface area contributed by atoms with Crippen LogP contribution in [0.2, 0.25) is 0 Å². The summed E-state index contributed by atoms with van der Waals surface area (Å²) in [5, 5.41) is 0. The van der Waals surface area contributed by atoms with E-state index in [1.165, 1.54) is 19.3 Å². The lowest BCUT2D eigenvalue weighted by molar-refractivity contribution is -0.135. The van der Waals surface area contributed by atoms with Gasteiger partial charge in [-0.15, -0.1) is 6.58 Å². The van der Waals surface area contributed by atoms with Crippen LogP contribution < -0.4 is 0 Å². The third kappa shape index (κ3) is 2.42. The van der Waals surface area contributed by atoms with E-state index >= 15 is 0 Å². The quantitative estimate of drug-likeness (QED) is 0.637. The summed E-state index contributed by atoms with van der Waals surface area (Å²) in [5.74, 6) is 1.29. The molecule has 2 rings (SSSR count). The minimum atomic E-state index is 0.335. The average Bonchev–Trinajstić information content (AvgIpc) is 2.78. The van der Waals surface area contributed by atoms with Crippen LogP contribution in [0.4, 0.5) is 0 Å². The van der Waals surface area contributed by atoms with Gasteiger partial charge in [0.05, 0.1) is 0 Å². The minimum absolute atomic E-state index is 0.335. The van der Waals surface area contributed by atoms with E-state index in [4.69, 9.17) is 0 Å². The summed E-state index contributed by atoms with van der Waals surface area (Å²) >= 11 is 0. The van der Waals surface area contributed by atoms with Crippen molar-refractivity contribution < 1.29 is 4.79 Å². The molecule has 2 fully saturated rings. The Bertz CT molecular complexity index is 243. The van der Waals surface area contributed by atoms with Crippen molar-refractivity contribution in [3.05, 3.63) is 12.7 Å². The van der Waals surface area contributed by atoms with Crippen molar-refractivity contribution in [2.24, 2.45) is 11.8 Å². The Labute approximate surface area is 92.3 Å². The van der Waals surface area contributed by atoms with Gasteiger partial charge in [0.2, 0.25) is 5.91 Å². The SMILES string of the molecule is C=C[C@H]1CCN(C(=O)C2CCCCC2)C1. The lowest BCUT2D eigenvalue weighted by Crippen LogP contribution is -2.35. The zero-order chi connectivity index (χ0) is 10.7. The highest BCUT2D eigenvalue weighted by Gasteiger charge is 2.30. The van der Waals surface area contributed by atoms with Crippen LogP contribution >= 0.6 is 0 Å². The third-order valence-corrected chi connectivity index (χ3v) is 3.82. The highest BCUT2D eigenvalue weighted by atomic mass is 16.2. The standard InChI is InChI=1S/C13H21NO/c1-2-11-8-9-14(10-11)13(15)12-6-4-3-5-7-12/h2,11-12H,1,3-10H2/t11-/m0/s1. The van der Waals surface area contributed by atoms with Crippen molar-refractivity contribution in [3.8, 4) is 0 Å². The number of nitrogens with zero attached hydrogens (tertiary/aromatic N) is 1. The van der Waals surface area contributed by atoms with Gasteiger partial charge in [-0.05, 0) is 25.2 Å². The molecule has 2 heteroatoms. The molecule has 0 radical (unpaired) electrons. The second kappa shape index (κ2) is 4.82. The van der Waals surface area contributed by atoms with Crippen LogP contribution in [0.25, 0.3) is 0 Å². The molecule has 1 saturated heterocycles. The molecule has 1 amide bonds. The van der Waals surface area contributed by atoms with Gasteiger partial charge in [-0.2, -0.15) is 0 Å². The maximum Gasteiger partial charge on any atom is 0.225 e. The van der Waals surface area contributed by atoms with Crippen LogP contribution in [0, 0.1) is 11.8 Å². The van der Waals surface area contributed by atoms with Gasteiger partial charge in [-0.3, -0.25) is 4.79 Å². The fourth-order valence-corrected chi connectivity index (χ4v) is 2.79. The largest absolute Gasteiger partial charge is 0.342 e. The Balaban J connectivity index is 1.87. The smallest absolute Gasteiger partial charge is 0.225 e. The molecule has 15 heavy (non-hydrogen) atoms. The Morgan fingerprint density at radius 1 is 1.20 bits per heavy atom. The first-order chi connectivity index (χ1) is 7.31. The Morgan fingerprint density at radius 2 is 1.93 bits per heavy atom. The number of likely N-dealkylation sites (tertiary alicyclic amines) is 1. The highest BCUT2D eigenvalue weighted by Crippen LogP contribution is 2.27. The average molecular weight is 207 g/mol. The zero-order valence-electron chi connectivity index (χ0n) is 9.45. The van der Waals surface area contributed by atoms with E-state index in [1.54, 1.807) is 0 Å². The molecule has 2 aliphatic rings. The normalized spacial score (nSPS) is 28.0. The van der Waals surface area contributed by atoms with Gasteiger partial charge in [0.1, 0.15) is 0 Å². The van der Waals surface area contributed by atoms with E-state index < -0.39 is 0 Å². The van der Waals surface area contributed by atoms with E-state index in [-0.39, 0.29) is 0 Å². The Morgan fingerprint density at radius 3 is 2.53 bits per heavy atom. The van der Waals surface area contributed by atoms with E-state index in [2.05, 4.69) is 11.5 Å². The van der Waals surface area contributed by atoms with Crippen LogP contribution in [0.3, 0.4) is 0 Å². The predicted molar refractivity (Wildman–Crippen MR) is 61.5 cm³/mol. The Hall–Kier alpha value is -0.790.